The Labute approximate surface area is 102 Å². The molecule has 0 radical (unpaired) electrons. The van der Waals surface area contributed by atoms with Gasteiger partial charge in [0.05, 0.1) is 6.61 Å². The van der Waals surface area contributed by atoms with Gasteiger partial charge in [-0.05, 0) is 20.0 Å². The third-order valence-corrected chi connectivity index (χ3v) is 2.80. The number of nitrogens with one attached hydrogen (secondary N) is 1. The van der Waals surface area contributed by atoms with Crippen molar-refractivity contribution < 1.29 is 4.74 Å². The van der Waals surface area contributed by atoms with Crippen LogP contribution in [0, 0.1) is 0 Å². The fraction of sp³-hybridized carbons (Fsp3) is 1.00. The molecule has 0 aliphatic carbocycles. The lowest BCUT2D eigenvalue weighted by Crippen LogP contribution is -2.31. The highest BCUT2D eigenvalue weighted by Crippen LogP contribution is 2.00. The van der Waals surface area contributed by atoms with E-state index in [1.54, 1.807) is 7.11 Å². The maximum absolute atomic E-state index is 5.03. The molecule has 0 rings (SSSR count). The molecule has 0 saturated carbocycles. The number of hydrogen-bond acceptors (Lipinski definition) is 3. The Kier molecular flexibility index (Phi) is 12.9. The van der Waals surface area contributed by atoms with Crippen LogP contribution < -0.4 is 5.32 Å². The summed E-state index contributed by atoms with van der Waals surface area (Å²) in [5, 5.41) is 3.49. The van der Waals surface area contributed by atoms with Crippen LogP contribution in [0.1, 0.15) is 39.0 Å². The van der Waals surface area contributed by atoms with Crippen LogP contribution in [0.4, 0.5) is 0 Å². The van der Waals surface area contributed by atoms with Gasteiger partial charge >= 0.3 is 0 Å². The molecule has 0 unspecified atom stereocenters. The van der Waals surface area contributed by atoms with Gasteiger partial charge in [0.1, 0.15) is 0 Å². The van der Waals surface area contributed by atoms with E-state index in [1.165, 1.54) is 38.6 Å². The van der Waals surface area contributed by atoms with Crippen molar-refractivity contribution in [2.45, 2.75) is 39.0 Å². The maximum atomic E-state index is 5.03. The molecule has 0 aromatic heterocycles. The molecule has 0 fully saturated rings. The summed E-state index contributed by atoms with van der Waals surface area (Å²) in [6.45, 7) is 7.48. The summed E-state index contributed by atoms with van der Waals surface area (Å²) in [5.41, 5.74) is 0. The minimum atomic E-state index is 0.827. The minimum Gasteiger partial charge on any atom is -0.383 e. The average Bonchev–Trinajstić information content (AvgIpc) is 2.30. The van der Waals surface area contributed by atoms with E-state index in [1.807, 2.05) is 0 Å². The predicted molar refractivity (Wildman–Crippen MR) is 71.0 cm³/mol. The largest absolute Gasteiger partial charge is 0.383 e. The molecule has 0 amide bonds. The molecule has 0 aromatic rings. The van der Waals surface area contributed by atoms with E-state index in [9.17, 15) is 0 Å². The lowest BCUT2D eigenvalue weighted by molar-refractivity contribution is 0.161. The number of ether oxygens (including phenoxy) is 1. The summed E-state index contributed by atoms with van der Waals surface area (Å²) >= 11 is 0. The van der Waals surface area contributed by atoms with Crippen LogP contribution in [0.3, 0.4) is 0 Å². The third kappa shape index (κ3) is 12.0. The molecule has 0 spiro atoms. The van der Waals surface area contributed by atoms with E-state index < -0.39 is 0 Å². The molecule has 0 aromatic carbocycles. The first-order valence-electron chi connectivity index (χ1n) is 6.69. The molecule has 0 aliphatic rings. The van der Waals surface area contributed by atoms with E-state index in [4.69, 9.17) is 4.74 Å². The summed E-state index contributed by atoms with van der Waals surface area (Å²) in [7, 11) is 3.89. The molecule has 0 heterocycles. The molecule has 3 heteroatoms. The van der Waals surface area contributed by atoms with E-state index in [0.29, 0.717) is 0 Å². The predicted octanol–water partition coefficient (Wildman–Crippen LogP) is 2.12. The highest BCUT2D eigenvalue weighted by atomic mass is 16.5. The van der Waals surface area contributed by atoms with Crippen molar-refractivity contribution in [3.63, 3.8) is 0 Å². The van der Waals surface area contributed by atoms with Gasteiger partial charge in [0.2, 0.25) is 0 Å². The molecule has 98 valence electrons. The van der Waals surface area contributed by atoms with Gasteiger partial charge < -0.3 is 15.0 Å². The summed E-state index contributed by atoms with van der Waals surface area (Å²) in [6.07, 6.45) is 6.81. The first-order chi connectivity index (χ1) is 7.81. The minimum absolute atomic E-state index is 0.827. The second kappa shape index (κ2) is 12.9. The van der Waals surface area contributed by atoms with Crippen molar-refractivity contribution in [3.8, 4) is 0 Å². The Morgan fingerprint density at radius 3 is 2.44 bits per heavy atom. The smallest absolute Gasteiger partial charge is 0.0589 e. The van der Waals surface area contributed by atoms with Gasteiger partial charge in [0.15, 0.2) is 0 Å². The Bertz CT molecular complexity index is 131. The highest BCUT2D eigenvalue weighted by Gasteiger charge is 1.96. The monoisotopic (exact) mass is 230 g/mol. The van der Waals surface area contributed by atoms with Crippen LogP contribution in [-0.4, -0.2) is 51.8 Å². The molecule has 0 atom stereocenters. The lowest BCUT2D eigenvalue weighted by atomic mass is 10.1. The van der Waals surface area contributed by atoms with Crippen molar-refractivity contribution in [3.05, 3.63) is 0 Å². The van der Waals surface area contributed by atoms with Crippen molar-refractivity contribution in [2.24, 2.45) is 0 Å². The third-order valence-electron chi connectivity index (χ3n) is 2.80. The number of hydrogen-bond donors (Lipinski definition) is 1. The molecule has 3 nitrogen and oxygen atoms in total. The quantitative estimate of drug-likeness (QED) is 0.520. The van der Waals surface area contributed by atoms with E-state index in [0.717, 1.165) is 26.2 Å². The van der Waals surface area contributed by atoms with Gasteiger partial charge in [-0.25, -0.2) is 0 Å². The zero-order valence-corrected chi connectivity index (χ0v) is 11.4. The number of unbranched alkanes of at least 4 members (excludes halogenated alkanes) is 4. The second-order valence-electron chi connectivity index (χ2n) is 4.46. The van der Waals surface area contributed by atoms with Crippen molar-refractivity contribution in [1.82, 2.24) is 10.2 Å². The summed E-state index contributed by atoms with van der Waals surface area (Å²) in [4.78, 5) is 2.30. The Morgan fingerprint density at radius 2 is 1.75 bits per heavy atom. The fourth-order valence-electron chi connectivity index (χ4n) is 1.61. The highest BCUT2D eigenvalue weighted by molar-refractivity contribution is 4.55. The zero-order chi connectivity index (χ0) is 12.1. The average molecular weight is 230 g/mol. The number of nitrogens with zero attached hydrogens (tertiary/aromatic N) is 1. The summed E-state index contributed by atoms with van der Waals surface area (Å²) in [5.74, 6) is 0. The van der Waals surface area contributed by atoms with Crippen LogP contribution in [0.5, 0.6) is 0 Å². The van der Waals surface area contributed by atoms with E-state index in [2.05, 4.69) is 24.2 Å². The zero-order valence-electron chi connectivity index (χ0n) is 11.4. The van der Waals surface area contributed by atoms with E-state index in [-0.39, 0.29) is 0 Å². The Balaban J connectivity index is 3.02. The van der Waals surface area contributed by atoms with Gasteiger partial charge in [0.25, 0.3) is 0 Å². The molecule has 0 bridgehead atoms. The van der Waals surface area contributed by atoms with Crippen molar-refractivity contribution in [2.75, 3.05) is 46.9 Å². The van der Waals surface area contributed by atoms with Gasteiger partial charge in [-0.15, -0.1) is 0 Å². The first-order valence-corrected chi connectivity index (χ1v) is 6.69. The van der Waals surface area contributed by atoms with Gasteiger partial charge in [-0.3, -0.25) is 0 Å². The topological polar surface area (TPSA) is 24.5 Å². The lowest BCUT2D eigenvalue weighted by Gasteiger charge is -2.16. The fourth-order valence-corrected chi connectivity index (χ4v) is 1.61. The SMILES string of the molecule is CCCCCCCNCCN(C)CCOC. The van der Waals surface area contributed by atoms with Crippen LogP contribution in [0.15, 0.2) is 0 Å². The molecule has 0 aliphatic heterocycles. The van der Waals surface area contributed by atoms with Gasteiger partial charge in [0, 0.05) is 26.7 Å². The number of rotatable bonds is 12. The van der Waals surface area contributed by atoms with Gasteiger partial charge in [-0.1, -0.05) is 32.6 Å². The van der Waals surface area contributed by atoms with Crippen molar-refractivity contribution in [1.29, 1.82) is 0 Å². The molecule has 16 heavy (non-hydrogen) atoms. The first kappa shape index (κ1) is 15.9. The van der Waals surface area contributed by atoms with Crippen molar-refractivity contribution >= 4 is 0 Å². The van der Waals surface area contributed by atoms with Crippen LogP contribution in [-0.2, 0) is 4.74 Å². The van der Waals surface area contributed by atoms with Crippen LogP contribution in [0.25, 0.3) is 0 Å². The standard InChI is InChI=1S/C13H30N2O/c1-4-5-6-7-8-9-14-10-11-15(2)12-13-16-3/h14H,4-13H2,1-3H3. The molecule has 1 N–H and O–H groups in total. The Hall–Kier alpha value is -0.120. The molecule has 0 saturated heterocycles. The molecular formula is C13H30N2O. The Morgan fingerprint density at radius 1 is 1.00 bits per heavy atom. The van der Waals surface area contributed by atoms with Crippen LogP contribution in [0.2, 0.25) is 0 Å². The number of methoxy groups -OCH3 is 1. The van der Waals surface area contributed by atoms with Gasteiger partial charge in [-0.2, -0.15) is 0 Å². The second-order valence-corrected chi connectivity index (χ2v) is 4.46. The molecular weight excluding hydrogens is 200 g/mol. The van der Waals surface area contributed by atoms with E-state index >= 15 is 0 Å². The maximum Gasteiger partial charge on any atom is 0.0589 e. The normalized spacial score (nSPS) is 11.2. The summed E-state index contributed by atoms with van der Waals surface area (Å²) < 4.78 is 5.03. The number of likely N-dealkylation sites (N-methyl/N-ethyl adjacent to an activating group) is 1. The van der Waals surface area contributed by atoms with Crippen LogP contribution >= 0.6 is 0 Å². The summed E-state index contributed by atoms with van der Waals surface area (Å²) in [6, 6.07) is 0.